The summed E-state index contributed by atoms with van der Waals surface area (Å²) in [6, 6.07) is 10.8. The Morgan fingerprint density at radius 1 is 1.25 bits per heavy atom. The van der Waals surface area contributed by atoms with Crippen LogP contribution in [-0.2, 0) is 11.2 Å². The number of ether oxygens (including phenoxy) is 1. The van der Waals surface area contributed by atoms with Crippen LogP contribution in [-0.4, -0.2) is 36.9 Å². The Bertz CT molecular complexity index is 774. The number of carbonyl (C=O) groups excluding carboxylic acids is 2. The Labute approximate surface area is 139 Å². The van der Waals surface area contributed by atoms with E-state index in [1.165, 1.54) is 24.3 Å². The minimum absolute atomic E-state index is 0.0440. The molecule has 2 aromatic rings. The molecule has 2 amide bonds. The van der Waals surface area contributed by atoms with Gasteiger partial charge in [0.2, 0.25) is 0 Å². The SMILES string of the molecule is CN1CCc2c(OCC(=O)Nc3ccc(F)cc3)cccc2C1=O. The summed E-state index contributed by atoms with van der Waals surface area (Å²) in [7, 11) is 1.76. The average Bonchev–Trinajstić information content (AvgIpc) is 2.58. The summed E-state index contributed by atoms with van der Waals surface area (Å²) in [5, 5.41) is 2.63. The lowest BCUT2D eigenvalue weighted by atomic mass is 9.98. The third kappa shape index (κ3) is 3.37. The monoisotopic (exact) mass is 328 g/mol. The number of nitrogens with zero attached hydrogens (tertiary/aromatic N) is 1. The highest BCUT2D eigenvalue weighted by Crippen LogP contribution is 2.27. The zero-order chi connectivity index (χ0) is 17.1. The highest BCUT2D eigenvalue weighted by molar-refractivity contribution is 5.97. The van der Waals surface area contributed by atoms with Crippen LogP contribution in [0.5, 0.6) is 5.75 Å². The van der Waals surface area contributed by atoms with Crippen LogP contribution in [0.4, 0.5) is 10.1 Å². The number of carbonyl (C=O) groups is 2. The van der Waals surface area contributed by atoms with Crippen molar-refractivity contribution < 1.29 is 18.7 Å². The number of halogens is 1. The first kappa shape index (κ1) is 16.0. The van der Waals surface area contributed by atoms with Gasteiger partial charge >= 0.3 is 0 Å². The largest absolute Gasteiger partial charge is 0.483 e. The van der Waals surface area contributed by atoms with E-state index in [-0.39, 0.29) is 24.2 Å². The molecule has 0 radical (unpaired) electrons. The van der Waals surface area contributed by atoms with E-state index in [2.05, 4.69) is 5.32 Å². The van der Waals surface area contributed by atoms with E-state index < -0.39 is 0 Å². The van der Waals surface area contributed by atoms with Gasteiger partial charge in [0, 0.05) is 30.4 Å². The molecule has 24 heavy (non-hydrogen) atoms. The summed E-state index contributed by atoms with van der Waals surface area (Å²) in [6.45, 7) is 0.436. The number of hydrogen-bond acceptors (Lipinski definition) is 3. The van der Waals surface area contributed by atoms with Crippen molar-refractivity contribution in [1.29, 1.82) is 0 Å². The Hall–Kier alpha value is -2.89. The molecule has 6 heteroatoms. The molecule has 0 spiro atoms. The van der Waals surface area contributed by atoms with Gasteiger partial charge in [-0.2, -0.15) is 0 Å². The Kier molecular flexibility index (Phi) is 4.46. The number of anilines is 1. The normalized spacial score (nSPS) is 13.4. The number of likely N-dealkylation sites (N-methyl/N-ethyl adjacent to an activating group) is 1. The molecule has 1 N–H and O–H groups in total. The van der Waals surface area contributed by atoms with E-state index in [1.54, 1.807) is 30.1 Å². The molecule has 124 valence electrons. The molecule has 1 aliphatic rings. The molecular weight excluding hydrogens is 311 g/mol. The first-order chi connectivity index (χ1) is 11.5. The maximum absolute atomic E-state index is 12.8. The maximum atomic E-state index is 12.8. The van der Waals surface area contributed by atoms with Gasteiger partial charge in [0.1, 0.15) is 11.6 Å². The van der Waals surface area contributed by atoms with Gasteiger partial charge in [0.15, 0.2) is 6.61 Å². The molecule has 0 aromatic heterocycles. The van der Waals surface area contributed by atoms with Gasteiger partial charge in [-0.1, -0.05) is 6.07 Å². The molecule has 0 aliphatic carbocycles. The van der Waals surface area contributed by atoms with Gasteiger partial charge in [0.05, 0.1) is 0 Å². The fourth-order valence-corrected chi connectivity index (χ4v) is 2.62. The second-order valence-electron chi connectivity index (χ2n) is 5.60. The van der Waals surface area contributed by atoms with Crippen molar-refractivity contribution in [2.24, 2.45) is 0 Å². The lowest BCUT2D eigenvalue weighted by molar-refractivity contribution is -0.118. The summed E-state index contributed by atoms with van der Waals surface area (Å²) >= 11 is 0. The summed E-state index contributed by atoms with van der Waals surface area (Å²) in [5.74, 6) is -0.214. The Morgan fingerprint density at radius 2 is 2.00 bits per heavy atom. The standard InChI is InChI=1S/C18H17FN2O3/c1-21-10-9-14-15(18(21)23)3-2-4-16(14)24-11-17(22)20-13-7-5-12(19)6-8-13/h2-8H,9-11H2,1H3,(H,20,22). The van der Waals surface area contributed by atoms with Crippen LogP contribution in [0, 0.1) is 5.82 Å². The highest BCUT2D eigenvalue weighted by Gasteiger charge is 2.24. The average molecular weight is 328 g/mol. The number of amides is 2. The van der Waals surface area contributed by atoms with Crippen LogP contribution in [0.25, 0.3) is 0 Å². The van der Waals surface area contributed by atoms with Crippen molar-refractivity contribution in [1.82, 2.24) is 4.90 Å². The van der Waals surface area contributed by atoms with E-state index in [4.69, 9.17) is 4.74 Å². The molecular formula is C18H17FN2O3. The quantitative estimate of drug-likeness (QED) is 0.938. The van der Waals surface area contributed by atoms with Crippen molar-refractivity contribution in [3.63, 3.8) is 0 Å². The first-order valence-electron chi connectivity index (χ1n) is 7.60. The van der Waals surface area contributed by atoms with E-state index in [0.717, 1.165) is 5.56 Å². The lowest BCUT2D eigenvalue weighted by Crippen LogP contribution is -2.34. The number of rotatable bonds is 4. The predicted molar refractivity (Wildman–Crippen MR) is 87.6 cm³/mol. The molecule has 1 heterocycles. The Balaban J connectivity index is 1.66. The summed E-state index contributed by atoms with van der Waals surface area (Å²) in [5.41, 5.74) is 1.94. The molecule has 0 saturated heterocycles. The number of hydrogen-bond donors (Lipinski definition) is 1. The van der Waals surface area contributed by atoms with Crippen LogP contribution in [0.2, 0.25) is 0 Å². The molecule has 0 saturated carbocycles. The fourth-order valence-electron chi connectivity index (χ4n) is 2.62. The highest BCUT2D eigenvalue weighted by atomic mass is 19.1. The van der Waals surface area contributed by atoms with Crippen molar-refractivity contribution in [2.45, 2.75) is 6.42 Å². The first-order valence-corrected chi connectivity index (χ1v) is 7.60. The van der Waals surface area contributed by atoms with Crippen LogP contribution >= 0.6 is 0 Å². The molecule has 3 rings (SSSR count). The number of fused-ring (bicyclic) bond motifs is 1. The summed E-state index contributed by atoms with van der Waals surface area (Å²) in [6.07, 6.45) is 0.688. The topological polar surface area (TPSA) is 58.6 Å². The van der Waals surface area contributed by atoms with Crippen molar-refractivity contribution in [2.75, 3.05) is 25.5 Å². The Morgan fingerprint density at radius 3 is 2.75 bits per heavy atom. The molecule has 5 nitrogen and oxygen atoms in total. The van der Waals surface area contributed by atoms with E-state index >= 15 is 0 Å². The van der Waals surface area contributed by atoms with Gasteiger partial charge in [-0.25, -0.2) is 4.39 Å². The van der Waals surface area contributed by atoms with Crippen LogP contribution < -0.4 is 10.1 Å². The van der Waals surface area contributed by atoms with Crippen molar-refractivity contribution in [3.8, 4) is 5.75 Å². The molecule has 0 fully saturated rings. The van der Waals surface area contributed by atoms with Crippen molar-refractivity contribution >= 4 is 17.5 Å². The molecule has 1 aliphatic heterocycles. The minimum Gasteiger partial charge on any atom is -0.483 e. The maximum Gasteiger partial charge on any atom is 0.262 e. The summed E-state index contributed by atoms with van der Waals surface area (Å²) in [4.78, 5) is 25.7. The second-order valence-corrected chi connectivity index (χ2v) is 5.60. The van der Waals surface area contributed by atoms with Gasteiger partial charge in [-0.3, -0.25) is 9.59 Å². The third-order valence-electron chi connectivity index (χ3n) is 3.89. The summed E-state index contributed by atoms with van der Waals surface area (Å²) < 4.78 is 18.4. The van der Waals surface area contributed by atoms with Gasteiger partial charge in [-0.15, -0.1) is 0 Å². The van der Waals surface area contributed by atoms with Gasteiger partial charge < -0.3 is 15.0 Å². The third-order valence-corrected chi connectivity index (χ3v) is 3.89. The van der Waals surface area contributed by atoms with Crippen LogP contribution in [0.1, 0.15) is 15.9 Å². The molecule has 0 bridgehead atoms. The zero-order valence-electron chi connectivity index (χ0n) is 13.2. The second kappa shape index (κ2) is 6.70. The molecule has 0 atom stereocenters. The van der Waals surface area contributed by atoms with Gasteiger partial charge in [-0.05, 0) is 42.8 Å². The molecule has 2 aromatic carbocycles. The smallest absolute Gasteiger partial charge is 0.262 e. The van der Waals surface area contributed by atoms with Crippen LogP contribution in [0.15, 0.2) is 42.5 Å². The van der Waals surface area contributed by atoms with Crippen molar-refractivity contribution in [3.05, 3.63) is 59.4 Å². The van der Waals surface area contributed by atoms with Crippen LogP contribution in [0.3, 0.4) is 0 Å². The predicted octanol–water partition coefficient (Wildman–Crippen LogP) is 2.47. The zero-order valence-corrected chi connectivity index (χ0v) is 13.2. The fraction of sp³-hybridized carbons (Fsp3) is 0.222. The van der Waals surface area contributed by atoms with E-state index in [9.17, 15) is 14.0 Å². The van der Waals surface area contributed by atoms with Gasteiger partial charge in [0.25, 0.3) is 11.8 Å². The lowest BCUT2D eigenvalue weighted by Gasteiger charge is -2.26. The van der Waals surface area contributed by atoms with E-state index in [0.29, 0.717) is 30.0 Å². The number of benzene rings is 2. The molecule has 0 unspecified atom stereocenters. The van der Waals surface area contributed by atoms with E-state index in [1.807, 2.05) is 0 Å². The number of nitrogens with one attached hydrogen (secondary N) is 1. The minimum atomic E-state index is -0.366.